The zero-order valence-electron chi connectivity index (χ0n) is 11.4. The van der Waals surface area contributed by atoms with Crippen molar-refractivity contribution in [1.82, 2.24) is 14.9 Å². The summed E-state index contributed by atoms with van der Waals surface area (Å²) in [4.78, 5) is 15.8. The summed E-state index contributed by atoms with van der Waals surface area (Å²) >= 11 is 0. The first-order valence-corrected chi connectivity index (χ1v) is 6.93. The second-order valence-electron chi connectivity index (χ2n) is 5.38. The topological polar surface area (TPSA) is 46.9 Å². The summed E-state index contributed by atoms with van der Waals surface area (Å²) < 4.78 is 1.67. The van der Waals surface area contributed by atoms with Crippen LogP contribution < -0.4 is 10.9 Å². The lowest BCUT2D eigenvalue weighted by molar-refractivity contribution is 0.278. The zero-order valence-corrected chi connectivity index (χ0v) is 11.4. The predicted octanol–water partition coefficient (Wildman–Crippen LogP) is 1.72. The zero-order chi connectivity index (χ0) is 13.0. The van der Waals surface area contributed by atoms with Gasteiger partial charge >= 0.3 is 0 Å². The molecule has 1 heterocycles. The van der Waals surface area contributed by atoms with Gasteiger partial charge in [0.05, 0.1) is 6.33 Å². The van der Waals surface area contributed by atoms with E-state index in [1.807, 2.05) is 6.92 Å². The van der Waals surface area contributed by atoms with Gasteiger partial charge in [-0.1, -0.05) is 19.8 Å². The molecule has 4 heteroatoms. The molecule has 0 amide bonds. The quantitative estimate of drug-likeness (QED) is 0.884. The van der Waals surface area contributed by atoms with Gasteiger partial charge in [0.25, 0.3) is 5.56 Å². The van der Waals surface area contributed by atoms with E-state index in [4.69, 9.17) is 0 Å². The average molecular weight is 249 g/mol. The third-order valence-corrected chi connectivity index (χ3v) is 3.89. The summed E-state index contributed by atoms with van der Waals surface area (Å²) in [5.74, 6) is 0.756. The molecule has 2 atom stereocenters. The molecule has 2 rings (SSSR count). The lowest BCUT2D eigenvalue weighted by Crippen LogP contribution is -2.39. The number of aryl methyl sites for hydroxylation is 1. The Morgan fingerprint density at radius 2 is 2.22 bits per heavy atom. The summed E-state index contributed by atoms with van der Waals surface area (Å²) in [6, 6.07) is 2.20. The fraction of sp³-hybridized carbons (Fsp3) is 0.714. The van der Waals surface area contributed by atoms with E-state index in [1.165, 1.54) is 25.7 Å². The molecule has 0 bridgehead atoms. The van der Waals surface area contributed by atoms with Crippen molar-refractivity contribution >= 4 is 0 Å². The van der Waals surface area contributed by atoms with Gasteiger partial charge in [-0.15, -0.1) is 0 Å². The van der Waals surface area contributed by atoms with Gasteiger partial charge in [-0.3, -0.25) is 9.36 Å². The first-order valence-electron chi connectivity index (χ1n) is 6.93. The standard InChI is InChI=1S/C14H23N3O/c1-11-5-3-4-6-13(11)15-7-8-17-10-16-12(2)9-14(17)18/h9-11,13,15H,3-8H2,1-2H3. The first kappa shape index (κ1) is 13.3. The second-order valence-corrected chi connectivity index (χ2v) is 5.38. The number of hydrogen-bond acceptors (Lipinski definition) is 3. The van der Waals surface area contributed by atoms with Gasteiger partial charge in [-0.05, 0) is 25.7 Å². The minimum absolute atomic E-state index is 0.0426. The maximum absolute atomic E-state index is 11.7. The molecule has 0 radical (unpaired) electrons. The first-order chi connectivity index (χ1) is 8.66. The van der Waals surface area contributed by atoms with Gasteiger partial charge in [0.15, 0.2) is 0 Å². The molecule has 1 aromatic rings. The van der Waals surface area contributed by atoms with Crippen LogP contribution in [0.15, 0.2) is 17.2 Å². The molecule has 1 N–H and O–H groups in total. The number of hydrogen-bond donors (Lipinski definition) is 1. The molecule has 1 fully saturated rings. The highest BCUT2D eigenvalue weighted by Crippen LogP contribution is 2.23. The molecule has 1 saturated carbocycles. The Balaban J connectivity index is 1.82. The van der Waals surface area contributed by atoms with E-state index in [-0.39, 0.29) is 5.56 Å². The minimum Gasteiger partial charge on any atom is -0.312 e. The maximum atomic E-state index is 11.7. The van der Waals surface area contributed by atoms with E-state index >= 15 is 0 Å². The van der Waals surface area contributed by atoms with Gasteiger partial charge in [-0.2, -0.15) is 0 Å². The Bertz CT molecular complexity index is 441. The van der Waals surface area contributed by atoms with Crippen molar-refractivity contribution in [3.05, 3.63) is 28.4 Å². The number of rotatable bonds is 4. The largest absolute Gasteiger partial charge is 0.312 e. The third kappa shape index (κ3) is 3.42. The molecule has 18 heavy (non-hydrogen) atoms. The molecular weight excluding hydrogens is 226 g/mol. The smallest absolute Gasteiger partial charge is 0.253 e. The number of nitrogens with zero attached hydrogens (tertiary/aromatic N) is 2. The van der Waals surface area contributed by atoms with Crippen molar-refractivity contribution in [3.8, 4) is 0 Å². The number of nitrogens with one attached hydrogen (secondary N) is 1. The lowest BCUT2D eigenvalue weighted by atomic mass is 9.86. The van der Waals surface area contributed by atoms with Crippen molar-refractivity contribution in [2.24, 2.45) is 5.92 Å². The van der Waals surface area contributed by atoms with Crippen LogP contribution in [0, 0.1) is 12.8 Å². The molecule has 0 spiro atoms. The molecule has 0 aromatic carbocycles. The van der Waals surface area contributed by atoms with Crippen molar-refractivity contribution in [2.45, 2.75) is 52.1 Å². The lowest BCUT2D eigenvalue weighted by Gasteiger charge is -2.29. The van der Waals surface area contributed by atoms with E-state index in [2.05, 4.69) is 17.2 Å². The molecule has 1 aromatic heterocycles. The van der Waals surface area contributed by atoms with Crippen LogP contribution in [0.25, 0.3) is 0 Å². The molecule has 2 unspecified atom stereocenters. The van der Waals surface area contributed by atoms with Gasteiger partial charge in [0, 0.05) is 30.9 Å². The normalized spacial score (nSPS) is 24.1. The molecule has 1 aliphatic rings. The molecular formula is C14H23N3O. The van der Waals surface area contributed by atoms with E-state index < -0.39 is 0 Å². The monoisotopic (exact) mass is 249 g/mol. The van der Waals surface area contributed by atoms with Gasteiger partial charge in [0.1, 0.15) is 0 Å². The Labute approximate surface area is 108 Å². The van der Waals surface area contributed by atoms with E-state index in [0.717, 1.165) is 18.2 Å². The fourth-order valence-electron chi connectivity index (χ4n) is 2.67. The highest BCUT2D eigenvalue weighted by atomic mass is 16.1. The summed E-state index contributed by atoms with van der Waals surface area (Å²) in [5.41, 5.74) is 0.825. The summed E-state index contributed by atoms with van der Waals surface area (Å²) in [6.07, 6.45) is 6.92. The van der Waals surface area contributed by atoms with E-state index in [0.29, 0.717) is 12.6 Å². The third-order valence-electron chi connectivity index (χ3n) is 3.89. The van der Waals surface area contributed by atoms with Crippen molar-refractivity contribution in [1.29, 1.82) is 0 Å². The Kier molecular flexibility index (Phi) is 4.53. The van der Waals surface area contributed by atoms with Crippen LogP contribution in [0.4, 0.5) is 0 Å². The van der Waals surface area contributed by atoms with Crippen molar-refractivity contribution < 1.29 is 0 Å². The SMILES string of the molecule is Cc1cc(=O)n(CCNC2CCCCC2C)cn1. The van der Waals surface area contributed by atoms with Crippen LogP contribution in [0.2, 0.25) is 0 Å². The van der Waals surface area contributed by atoms with Crippen LogP contribution >= 0.6 is 0 Å². The van der Waals surface area contributed by atoms with E-state index in [9.17, 15) is 4.79 Å². The van der Waals surface area contributed by atoms with Crippen molar-refractivity contribution in [2.75, 3.05) is 6.54 Å². The molecule has 1 aliphatic carbocycles. The van der Waals surface area contributed by atoms with Gasteiger partial charge < -0.3 is 5.32 Å². The predicted molar refractivity (Wildman–Crippen MR) is 72.7 cm³/mol. The molecule has 100 valence electrons. The second kappa shape index (κ2) is 6.14. The molecule has 0 saturated heterocycles. The van der Waals surface area contributed by atoms with Crippen LogP contribution in [-0.2, 0) is 6.54 Å². The average Bonchev–Trinajstić information content (AvgIpc) is 2.34. The van der Waals surface area contributed by atoms with Gasteiger partial charge in [-0.25, -0.2) is 4.98 Å². The van der Waals surface area contributed by atoms with Gasteiger partial charge in [0.2, 0.25) is 0 Å². The Morgan fingerprint density at radius 1 is 1.44 bits per heavy atom. The fourth-order valence-corrected chi connectivity index (χ4v) is 2.67. The maximum Gasteiger partial charge on any atom is 0.253 e. The summed E-state index contributed by atoms with van der Waals surface area (Å²) in [6.45, 7) is 5.71. The molecule has 0 aliphatic heterocycles. The Hall–Kier alpha value is -1.16. The van der Waals surface area contributed by atoms with Crippen LogP contribution in [0.1, 0.15) is 38.3 Å². The minimum atomic E-state index is 0.0426. The van der Waals surface area contributed by atoms with E-state index in [1.54, 1.807) is 17.0 Å². The van der Waals surface area contributed by atoms with Crippen molar-refractivity contribution in [3.63, 3.8) is 0 Å². The number of aromatic nitrogens is 2. The van der Waals surface area contributed by atoms with Crippen LogP contribution in [0.5, 0.6) is 0 Å². The highest BCUT2D eigenvalue weighted by Gasteiger charge is 2.20. The Morgan fingerprint density at radius 3 is 2.94 bits per heavy atom. The highest BCUT2D eigenvalue weighted by molar-refractivity contribution is 4.96. The summed E-state index contributed by atoms with van der Waals surface area (Å²) in [7, 11) is 0. The van der Waals surface area contributed by atoms with Crippen LogP contribution in [0.3, 0.4) is 0 Å². The summed E-state index contributed by atoms with van der Waals surface area (Å²) in [5, 5.41) is 3.57. The molecule has 4 nitrogen and oxygen atoms in total. The van der Waals surface area contributed by atoms with Crippen LogP contribution in [-0.4, -0.2) is 22.1 Å².